The van der Waals surface area contributed by atoms with E-state index in [1.807, 2.05) is 43.0 Å². The summed E-state index contributed by atoms with van der Waals surface area (Å²) in [5, 5.41) is 3.32. The van der Waals surface area contributed by atoms with Crippen LogP contribution in [0.2, 0.25) is 0 Å². The van der Waals surface area contributed by atoms with Gasteiger partial charge in [0.2, 0.25) is 0 Å². The second-order valence-corrected chi connectivity index (χ2v) is 10.8. The highest BCUT2D eigenvalue weighted by Crippen LogP contribution is 2.32. The van der Waals surface area contributed by atoms with Gasteiger partial charge in [-0.2, -0.15) is 13.2 Å². The maximum atomic E-state index is 13.3. The molecule has 1 aliphatic carbocycles. The second kappa shape index (κ2) is 10.6. The summed E-state index contributed by atoms with van der Waals surface area (Å²) in [6.07, 6.45) is -0.285. The third kappa shape index (κ3) is 5.54. The van der Waals surface area contributed by atoms with E-state index in [0.717, 1.165) is 29.3 Å². The van der Waals surface area contributed by atoms with Gasteiger partial charge >= 0.3 is 6.18 Å². The number of nitrogens with one attached hydrogen (secondary N) is 2. The number of aryl methyl sites for hydroxylation is 1. The third-order valence-corrected chi connectivity index (χ3v) is 7.38. The number of Topliss-reactive ketones (excluding diaryl/α,β-unsaturated/α-hetero) is 1. The lowest BCUT2D eigenvalue weighted by Gasteiger charge is -2.21. The summed E-state index contributed by atoms with van der Waals surface area (Å²) in [7, 11) is 3.93. The summed E-state index contributed by atoms with van der Waals surface area (Å²) in [5.74, 6) is 0.250. The van der Waals surface area contributed by atoms with Gasteiger partial charge in [-0.25, -0.2) is 4.98 Å². The number of aromatic amines is 1. The number of H-pyrrole nitrogens is 1. The molecule has 1 aliphatic heterocycles. The fraction of sp³-hybridized carbons (Fsp3) is 0.367. The normalized spacial score (nSPS) is 16.4. The van der Waals surface area contributed by atoms with Gasteiger partial charge in [-0.15, -0.1) is 0 Å². The lowest BCUT2D eigenvalue weighted by molar-refractivity contribution is -0.137. The Bertz CT molecular complexity index is 1550. The van der Waals surface area contributed by atoms with Crippen LogP contribution in [0.25, 0.3) is 16.6 Å². The van der Waals surface area contributed by atoms with Crippen molar-refractivity contribution in [3.63, 3.8) is 0 Å². The van der Waals surface area contributed by atoms with Crippen LogP contribution in [0, 0.1) is 6.92 Å². The lowest BCUT2D eigenvalue weighted by atomic mass is 9.97. The number of imidazole rings is 1. The zero-order valence-electron chi connectivity index (χ0n) is 22.9. The van der Waals surface area contributed by atoms with Crippen LogP contribution in [0.1, 0.15) is 51.8 Å². The Kier molecular flexibility index (Phi) is 7.31. The topological polar surface area (TPSA) is 81.3 Å². The molecule has 0 unspecified atom stereocenters. The summed E-state index contributed by atoms with van der Waals surface area (Å²) >= 11 is 0. The van der Waals surface area contributed by atoms with Gasteiger partial charge in [0.05, 0.1) is 22.2 Å². The van der Waals surface area contributed by atoms with Crippen LogP contribution < -0.4 is 5.32 Å². The smallest absolute Gasteiger partial charge is 0.382 e. The highest BCUT2D eigenvalue weighted by molar-refractivity contribution is 6.22. The van der Waals surface area contributed by atoms with E-state index in [2.05, 4.69) is 15.3 Å². The standard InChI is InChI=1S/C30H32F3N5O2/c1-17-8-9-21(30(31,32)33)13-19(17)12-18(2)34-23-6-5-7-26(39)27(23)28-35-24-14-20-16-38(11-10-37(3)4)29(40)22(20)15-25(24)36-28/h5-6,8-9,13-15,18,34H,7,10-12,16H2,1-4H3,(H,35,36)/t18-/m0/s1. The number of hydrogen-bond acceptors (Lipinski definition) is 5. The van der Waals surface area contributed by atoms with Gasteiger partial charge in [0, 0.05) is 43.4 Å². The molecule has 3 aromatic rings. The Morgan fingerprint density at radius 1 is 1.18 bits per heavy atom. The molecule has 1 amide bonds. The van der Waals surface area contributed by atoms with Gasteiger partial charge in [0.15, 0.2) is 5.78 Å². The molecule has 5 rings (SSSR count). The fourth-order valence-corrected chi connectivity index (χ4v) is 5.21. The number of carbonyl (C=O) groups excluding carboxylic acids is 2. The minimum Gasteiger partial charge on any atom is -0.382 e. The number of carbonyl (C=O) groups is 2. The van der Waals surface area contributed by atoms with Crippen molar-refractivity contribution in [2.24, 2.45) is 0 Å². The monoisotopic (exact) mass is 551 g/mol. The first kappa shape index (κ1) is 27.6. The van der Waals surface area contributed by atoms with E-state index < -0.39 is 11.7 Å². The van der Waals surface area contributed by atoms with E-state index in [-0.39, 0.29) is 24.2 Å². The molecule has 40 heavy (non-hydrogen) atoms. The summed E-state index contributed by atoms with van der Waals surface area (Å²) in [6.45, 7) is 5.58. The third-order valence-electron chi connectivity index (χ3n) is 7.38. The number of aromatic nitrogens is 2. The first-order chi connectivity index (χ1) is 18.9. The van der Waals surface area contributed by atoms with Gasteiger partial charge in [-0.1, -0.05) is 12.1 Å². The van der Waals surface area contributed by atoms with Gasteiger partial charge < -0.3 is 20.1 Å². The first-order valence-corrected chi connectivity index (χ1v) is 13.2. The number of alkyl halides is 3. The van der Waals surface area contributed by atoms with Crippen LogP contribution in [0.3, 0.4) is 0 Å². The van der Waals surface area contributed by atoms with Gasteiger partial charge in [0.25, 0.3) is 5.91 Å². The summed E-state index contributed by atoms with van der Waals surface area (Å²) in [6, 6.07) is 7.20. The van der Waals surface area contributed by atoms with E-state index in [0.29, 0.717) is 53.2 Å². The molecule has 0 bridgehead atoms. The predicted octanol–water partition coefficient (Wildman–Crippen LogP) is 4.87. The number of nitrogens with zero attached hydrogens (tertiary/aromatic N) is 3. The molecular weight excluding hydrogens is 519 g/mol. The number of halogens is 3. The lowest BCUT2D eigenvalue weighted by Crippen LogP contribution is -2.31. The van der Waals surface area contributed by atoms with Crippen molar-refractivity contribution in [1.29, 1.82) is 0 Å². The Morgan fingerprint density at radius 3 is 2.67 bits per heavy atom. The average molecular weight is 552 g/mol. The van der Waals surface area contributed by atoms with Crippen molar-refractivity contribution in [2.75, 3.05) is 27.2 Å². The van der Waals surface area contributed by atoms with Gasteiger partial charge in [-0.05, 0) is 81.4 Å². The van der Waals surface area contributed by atoms with Gasteiger partial charge in [-0.3, -0.25) is 9.59 Å². The molecule has 0 spiro atoms. The molecule has 0 radical (unpaired) electrons. The van der Waals surface area contributed by atoms with Crippen LogP contribution in [-0.4, -0.2) is 64.7 Å². The van der Waals surface area contributed by atoms with Crippen LogP contribution in [-0.2, 0) is 23.9 Å². The largest absolute Gasteiger partial charge is 0.416 e. The van der Waals surface area contributed by atoms with E-state index in [1.165, 1.54) is 12.1 Å². The highest BCUT2D eigenvalue weighted by Gasteiger charge is 2.31. The van der Waals surface area contributed by atoms with Crippen molar-refractivity contribution in [3.05, 3.63) is 81.8 Å². The number of rotatable bonds is 8. The Morgan fingerprint density at radius 2 is 1.95 bits per heavy atom. The Hall–Kier alpha value is -3.92. The number of hydrogen-bond donors (Lipinski definition) is 2. The van der Waals surface area contributed by atoms with Crippen LogP contribution >= 0.6 is 0 Å². The highest BCUT2D eigenvalue weighted by atomic mass is 19.4. The summed E-state index contributed by atoms with van der Waals surface area (Å²) in [4.78, 5) is 37.8. The Balaban J connectivity index is 1.41. The summed E-state index contributed by atoms with van der Waals surface area (Å²) in [5.41, 5.74) is 4.50. The van der Waals surface area contributed by atoms with Gasteiger partial charge in [0.1, 0.15) is 5.82 Å². The second-order valence-electron chi connectivity index (χ2n) is 10.8. The van der Waals surface area contributed by atoms with Crippen molar-refractivity contribution >= 4 is 28.3 Å². The molecule has 2 N–H and O–H groups in total. The number of benzene rings is 2. The molecule has 2 heterocycles. The van der Waals surface area contributed by atoms with Crippen molar-refractivity contribution in [3.8, 4) is 0 Å². The SMILES string of the molecule is Cc1ccc(C(F)(F)F)cc1C[C@H](C)NC1=C(c2nc3cc4c(cc3[nH]2)CN(CCN(C)C)C4=O)C(=O)CC=C1. The quantitative estimate of drug-likeness (QED) is 0.418. The molecule has 0 saturated heterocycles. The zero-order valence-corrected chi connectivity index (χ0v) is 22.9. The number of fused-ring (bicyclic) bond motifs is 2. The Labute approximate surface area is 230 Å². The maximum Gasteiger partial charge on any atom is 0.416 e. The minimum atomic E-state index is -4.41. The van der Waals surface area contributed by atoms with E-state index >= 15 is 0 Å². The number of allylic oxidation sites excluding steroid dienone is 3. The molecule has 1 aromatic heterocycles. The van der Waals surface area contributed by atoms with E-state index in [1.54, 1.807) is 19.1 Å². The molecule has 10 heteroatoms. The first-order valence-electron chi connectivity index (χ1n) is 13.2. The molecule has 1 atom stereocenters. The van der Waals surface area contributed by atoms with E-state index in [4.69, 9.17) is 0 Å². The number of amides is 1. The van der Waals surface area contributed by atoms with Crippen LogP contribution in [0.15, 0.2) is 48.2 Å². The predicted molar refractivity (Wildman–Crippen MR) is 148 cm³/mol. The minimum absolute atomic E-state index is 0.0275. The maximum absolute atomic E-state index is 13.3. The molecule has 210 valence electrons. The molecule has 7 nitrogen and oxygen atoms in total. The molecule has 2 aromatic carbocycles. The average Bonchev–Trinajstić information content (AvgIpc) is 3.41. The number of ketones is 1. The number of likely N-dealkylation sites (N-methyl/N-ethyl adjacent to an activating group) is 1. The van der Waals surface area contributed by atoms with Crippen molar-refractivity contribution in [2.45, 2.75) is 45.5 Å². The zero-order chi connectivity index (χ0) is 28.8. The van der Waals surface area contributed by atoms with Crippen LogP contribution in [0.4, 0.5) is 13.2 Å². The van der Waals surface area contributed by atoms with Crippen molar-refractivity contribution < 1.29 is 22.8 Å². The fourth-order valence-electron chi connectivity index (χ4n) is 5.21. The van der Waals surface area contributed by atoms with E-state index in [9.17, 15) is 22.8 Å². The molecular formula is C30H32F3N5O2. The van der Waals surface area contributed by atoms with Crippen molar-refractivity contribution in [1.82, 2.24) is 25.1 Å². The molecule has 2 aliphatic rings. The summed E-state index contributed by atoms with van der Waals surface area (Å²) < 4.78 is 39.8. The van der Waals surface area contributed by atoms with Crippen LogP contribution in [0.5, 0.6) is 0 Å². The molecule has 0 saturated carbocycles. The molecule has 0 fully saturated rings.